The molecular weight excluding hydrogens is 379 g/mol. The largest absolute Gasteiger partial charge is 0.325 e. The zero-order valence-corrected chi connectivity index (χ0v) is 17.3. The van der Waals surface area contributed by atoms with Crippen LogP contribution in [0.3, 0.4) is 0 Å². The van der Waals surface area contributed by atoms with Crippen LogP contribution in [0.1, 0.15) is 56.6 Å². The number of fused-ring (bicyclic) bond motifs is 1. The average Bonchev–Trinajstić information content (AvgIpc) is 3.46. The number of anilines is 2. The summed E-state index contributed by atoms with van der Waals surface area (Å²) >= 11 is 0. The van der Waals surface area contributed by atoms with Crippen molar-refractivity contribution in [2.24, 2.45) is 5.41 Å². The van der Waals surface area contributed by atoms with E-state index in [9.17, 15) is 14.0 Å². The van der Waals surface area contributed by atoms with Gasteiger partial charge in [-0.15, -0.1) is 0 Å². The topological polar surface area (TPSA) is 49.4 Å². The second kappa shape index (κ2) is 6.93. The molecule has 5 heteroatoms. The molecular formula is C25H27FN2O2. The number of benzene rings is 2. The summed E-state index contributed by atoms with van der Waals surface area (Å²) in [5.74, 6) is -0.113. The summed E-state index contributed by atoms with van der Waals surface area (Å²) in [6.07, 6.45) is 6.45. The van der Waals surface area contributed by atoms with Gasteiger partial charge in [0.1, 0.15) is 5.82 Å². The monoisotopic (exact) mass is 406 g/mol. The predicted octanol–water partition coefficient (Wildman–Crippen LogP) is 4.97. The van der Waals surface area contributed by atoms with Gasteiger partial charge in [0, 0.05) is 23.3 Å². The molecule has 0 atom stereocenters. The van der Waals surface area contributed by atoms with Gasteiger partial charge < -0.3 is 10.2 Å². The molecule has 4 nitrogen and oxygen atoms in total. The first-order valence-corrected chi connectivity index (χ1v) is 10.9. The zero-order chi connectivity index (χ0) is 20.9. The number of hydrogen-bond donors (Lipinski definition) is 1. The third-order valence-electron chi connectivity index (χ3n) is 7.26. The van der Waals surface area contributed by atoms with Crippen molar-refractivity contribution in [2.45, 2.75) is 57.3 Å². The fraction of sp³-hybridized carbons (Fsp3) is 0.440. The number of carbonyl (C=O) groups excluding carboxylic acids is 2. The van der Waals surface area contributed by atoms with Crippen LogP contribution in [-0.4, -0.2) is 18.4 Å². The van der Waals surface area contributed by atoms with E-state index in [1.807, 2.05) is 17.0 Å². The minimum atomic E-state index is -0.543. The maximum absolute atomic E-state index is 13.2. The van der Waals surface area contributed by atoms with Gasteiger partial charge in [-0.25, -0.2) is 4.39 Å². The van der Waals surface area contributed by atoms with E-state index in [-0.39, 0.29) is 23.0 Å². The first-order valence-electron chi connectivity index (χ1n) is 10.9. The van der Waals surface area contributed by atoms with E-state index in [1.54, 1.807) is 12.1 Å². The number of halogens is 1. The summed E-state index contributed by atoms with van der Waals surface area (Å²) in [7, 11) is 0. The van der Waals surface area contributed by atoms with Crippen molar-refractivity contribution >= 4 is 23.2 Å². The number of aryl methyl sites for hydroxylation is 1. The van der Waals surface area contributed by atoms with Crippen LogP contribution in [0, 0.1) is 11.2 Å². The van der Waals surface area contributed by atoms with E-state index in [0.29, 0.717) is 5.69 Å². The van der Waals surface area contributed by atoms with Gasteiger partial charge in [0.05, 0.1) is 5.41 Å². The van der Waals surface area contributed by atoms with Crippen molar-refractivity contribution in [1.29, 1.82) is 0 Å². The van der Waals surface area contributed by atoms with Crippen LogP contribution in [0.4, 0.5) is 15.8 Å². The van der Waals surface area contributed by atoms with Crippen molar-refractivity contribution in [1.82, 2.24) is 0 Å². The first kappa shape index (κ1) is 19.3. The fourth-order valence-corrected chi connectivity index (χ4v) is 4.79. The van der Waals surface area contributed by atoms with Crippen molar-refractivity contribution in [3.8, 4) is 0 Å². The number of rotatable bonds is 4. The Bertz CT molecular complexity index is 1010. The molecule has 0 aromatic heterocycles. The molecule has 0 saturated heterocycles. The highest BCUT2D eigenvalue weighted by Crippen LogP contribution is 2.49. The highest BCUT2D eigenvalue weighted by Gasteiger charge is 2.49. The highest BCUT2D eigenvalue weighted by molar-refractivity contribution is 6.01. The molecule has 2 aromatic carbocycles. The van der Waals surface area contributed by atoms with E-state index < -0.39 is 5.41 Å². The average molecular weight is 407 g/mol. The maximum Gasteiger partial charge on any atom is 0.235 e. The van der Waals surface area contributed by atoms with Gasteiger partial charge in [-0.2, -0.15) is 0 Å². The lowest BCUT2D eigenvalue weighted by atomic mass is 9.63. The van der Waals surface area contributed by atoms with Crippen molar-refractivity contribution < 1.29 is 14.0 Å². The SMILES string of the molecule is CC1(C(=O)N2CCCc3cc(C4(C(=O)Nc5ccc(F)cc5)CCC4)ccc32)CC1. The highest BCUT2D eigenvalue weighted by atomic mass is 19.1. The Morgan fingerprint density at radius 3 is 2.37 bits per heavy atom. The minimum absolute atomic E-state index is 0.0328. The van der Waals surface area contributed by atoms with E-state index in [4.69, 9.17) is 0 Å². The van der Waals surface area contributed by atoms with E-state index in [2.05, 4.69) is 18.3 Å². The Labute approximate surface area is 176 Å². The molecule has 2 saturated carbocycles. The second-order valence-electron chi connectivity index (χ2n) is 9.36. The molecule has 2 aliphatic carbocycles. The predicted molar refractivity (Wildman–Crippen MR) is 115 cm³/mol. The summed E-state index contributed by atoms with van der Waals surface area (Å²) < 4.78 is 13.2. The molecule has 1 N–H and O–H groups in total. The Morgan fingerprint density at radius 1 is 1.00 bits per heavy atom. The third kappa shape index (κ3) is 3.11. The van der Waals surface area contributed by atoms with Gasteiger partial charge in [0.15, 0.2) is 0 Å². The molecule has 0 bridgehead atoms. The van der Waals surface area contributed by atoms with Crippen LogP contribution in [0.2, 0.25) is 0 Å². The van der Waals surface area contributed by atoms with Gasteiger partial charge in [-0.3, -0.25) is 9.59 Å². The lowest BCUT2D eigenvalue weighted by molar-refractivity contribution is -0.124. The molecule has 2 amide bonds. The molecule has 0 spiro atoms. The maximum atomic E-state index is 13.2. The summed E-state index contributed by atoms with van der Waals surface area (Å²) in [5, 5.41) is 2.98. The molecule has 2 aromatic rings. The van der Waals surface area contributed by atoms with Crippen molar-refractivity contribution in [2.75, 3.05) is 16.8 Å². The molecule has 0 radical (unpaired) electrons. The standard InChI is InChI=1S/C25H27FN2O2/c1-24(13-14-24)23(30)28-15-2-4-17-16-18(5-10-21(17)28)25(11-3-12-25)22(29)27-20-8-6-19(26)7-9-20/h5-10,16H,2-4,11-15H2,1H3,(H,27,29). The molecule has 1 aliphatic heterocycles. The van der Waals surface area contributed by atoms with Crippen molar-refractivity contribution in [3.63, 3.8) is 0 Å². The Kier molecular flexibility index (Phi) is 4.46. The van der Waals surface area contributed by atoms with Gasteiger partial charge in [-0.05, 0) is 80.0 Å². The van der Waals surface area contributed by atoms with Crippen molar-refractivity contribution in [3.05, 3.63) is 59.4 Å². The fourth-order valence-electron chi connectivity index (χ4n) is 4.79. The number of amides is 2. The van der Waals surface area contributed by atoms with Crippen LogP contribution < -0.4 is 10.2 Å². The molecule has 3 aliphatic rings. The lowest BCUT2D eigenvalue weighted by Crippen LogP contribution is -2.46. The summed E-state index contributed by atoms with van der Waals surface area (Å²) in [6.45, 7) is 2.83. The number of nitrogens with one attached hydrogen (secondary N) is 1. The quantitative estimate of drug-likeness (QED) is 0.780. The second-order valence-corrected chi connectivity index (χ2v) is 9.36. The first-order chi connectivity index (χ1) is 14.4. The van der Waals surface area contributed by atoms with E-state index in [0.717, 1.165) is 68.3 Å². The molecule has 2 fully saturated rings. The van der Waals surface area contributed by atoms with Gasteiger partial charge in [0.25, 0.3) is 0 Å². The molecule has 156 valence electrons. The van der Waals surface area contributed by atoms with Gasteiger partial charge in [-0.1, -0.05) is 25.5 Å². The van der Waals surface area contributed by atoms with Crippen LogP contribution in [-0.2, 0) is 21.4 Å². The Balaban J connectivity index is 1.42. The number of hydrogen-bond acceptors (Lipinski definition) is 2. The summed E-state index contributed by atoms with van der Waals surface area (Å²) in [5.41, 5.74) is 3.09. The number of carbonyl (C=O) groups is 2. The molecule has 0 unspecified atom stereocenters. The molecule has 30 heavy (non-hydrogen) atoms. The van der Waals surface area contributed by atoms with E-state index >= 15 is 0 Å². The van der Waals surface area contributed by atoms with Crippen LogP contribution >= 0.6 is 0 Å². The summed E-state index contributed by atoms with van der Waals surface area (Å²) in [6, 6.07) is 12.1. The zero-order valence-electron chi connectivity index (χ0n) is 17.3. The number of nitrogens with zero attached hydrogens (tertiary/aromatic N) is 1. The molecule has 1 heterocycles. The van der Waals surface area contributed by atoms with Crippen LogP contribution in [0.15, 0.2) is 42.5 Å². The normalized spacial score (nSPS) is 20.7. The smallest absolute Gasteiger partial charge is 0.235 e. The Morgan fingerprint density at radius 2 is 1.73 bits per heavy atom. The van der Waals surface area contributed by atoms with Crippen LogP contribution in [0.25, 0.3) is 0 Å². The van der Waals surface area contributed by atoms with Gasteiger partial charge >= 0.3 is 0 Å². The van der Waals surface area contributed by atoms with Gasteiger partial charge in [0.2, 0.25) is 11.8 Å². The van der Waals surface area contributed by atoms with E-state index in [1.165, 1.54) is 12.1 Å². The lowest BCUT2D eigenvalue weighted by Gasteiger charge is -2.41. The Hall–Kier alpha value is -2.69. The third-order valence-corrected chi connectivity index (χ3v) is 7.26. The summed E-state index contributed by atoms with van der Waals surface area (Å²) in [4.78, 5) is 28.1. The minimum Gasteiger partial charge on any atom is -0.325 e. The molecule has 5 rings (SSSR count). The van der Waals surface area contributed by atoms with Crippen LogP contribution in [0.5, 0.6) is 0 Å².